The second kappa shape index (κ2) is 29.9. The molecule has 86 heavy (non-hydrogen) atoms. The lowest BCUT2D eigenvalue weighted by atomic mass is 9.91. The highest BCUT2D eigenvalue weighted by atomic mass is 79.9. The number of amides is 3. The lowest BCUT2D eigenvalue weighted by Gasteiger charge is -2.30. The fraction of sp³-hybridized carbons (Fsp3) is 0.333. The molecule has 0 aliphatic heterocycles. The topological polar surface area (TPSA) is 241 Å². The number of H-pyrrole nitrogens is 2. The van der Waals surface area contributed by atoms with Gasteiger partial charge in [-0.25, -0.2) is 19.9 Å². The standard InChI is InChI=1S/C34H39N7O2.C28H30N6O.C4H4BrClO.ClH/c1-41(2)18-6-11-31(42)37-24-16-14-23(15-17-24)33(43)38-25-7-5-8-26(19-25)39-34-36-20-28(22-12-13-22)32(40-34)29-21-35-30-10-4-3-9-27(29)30;29-19-12-10-18(11-13-19)27(35)32-20-4-3-5-21(14-20)33-28-31-15-23(17-8-9-17)26(34-28)24-16-30-25-7-2-1-6-22(24)25;5-3-1-2-4(6)7;/h3-4,6,9-11,14-17,20-22,25-26,35H,5,7-8,12-13,18-19H2,1-2H3,(H,37,42)(H,38,43)(H,36,39,40);1-2,6-7,10-13,15-17,20-21,30H,3-5,8-9,14,29H2,(H,32,35)(H,31,33,34);1-2H,3H2;1H/b11-6+;;2-1+;/t25-,26+;20-,21+;;/m00../s1. The van der Waals surface area contributed by atoms with Crippen molar-refractivity contribution in [1.82, 2.24) is 45.4 Å². The summed E-state index contributed by atoms with van der Waals surface area (Å²) >= 11 is 7.99. The molecule has 0 saturated heterocycles. The average molecular weight is 1260 g/mol. The number of para-hydroxylation sites is 2. The van der Waals surface area contributed by atoms with Gasteiger partial charge in [-0.3, -0.25) is 19.2 Å². The molecule has 0 unspecified atom stereocenters. The predicted molar refractivity (Wildman–Crippen MR) is 352 cm³/mol. The van der Waals surface area contributed by atoms with Crippen molar-refractivity contribution in [3.8, 4) is 22.5 Å². The number of nitrogen functional groups attached to an aromatic ring is 1. The number of nitrogens with two attached hydrogens (primary N) is 1. The molecule has 4 fully saturated rings. The molecule has 4 aromatic heterocycles. The SMILES string of the molecule is CN(C)C/C=C/C(=O)Nc1ccc(C(=O)N[C@H]2CCC[C@@H](Nc3ncc(C4CC4)c(-c4c[nH]c5ccccc45)n3)C2)cc1.Cl.Nc1ccc(C(=O)N[C@H]2CCC[C@@H](Nc3ncc(C4CC4)c(-c4c[nH]c5ccccc45)n3)C2)cc1.O=C(Cl)/C=C/CBr. The molecule has 4 heterocycles. The van der Waals surface area contributed by atoms with Crippen LogP contribution in [-0.4, -0.2) is 108 Å². The molecule has 4 atom stereocenters. The van der Waals surface area contributed by atoms with E-state index in [0.29, 0.717) is 58.1 Å². The second-order valence-electron chi connectivity index (χ2n) is 22.6. The van der Waals surface area contributed by atoms with E-state index in [9.17, 15) is 19.2 Å². The van der Waals surface area contributed by atoms with Crippen LogP contribution in [0.15, 0.2) is 146 Å². The molecule has 0 bridgehead atoms. The average Bonchev–Trinajstić information content (AvgIpc) is 1.95. The van der Waals surface area contributed by atoms with E-state index in [1.165, 1.54) is 59.7 Å². The number of aromatic nitrogens is 6. The normalized spacial score (nSPS) is 18.3. The Bertz CT molecular complexity index is 3670. The molecule has 448 valence electrons. The maximum Gasteiger partial charge on any atom is 0.251 e. The first kappa shape index (κ1) is 62.6. The summed E-state index contributed by atoms with van der Waals surface area (Å²) in [6.07, 6.45) is 26.8. The zero-order valence-electron chi connectivity index (χ0n) is 48.3. The number of nitrogens with one attached hydrogen (secondary N) is 7. The zero-order chi connectivity index (χ0) is 59.2. The van der Waals surface area contributed by atoms with E-state index in [4.69, 9.17) is 37.3 Å². The van der Waals surface area contributed by atoms with Gasteiger partial charge in [-0.1, -0.05) is 64.5 Å². The summed E-state index contributed by atoms with van der Waals surface area (Å²) in [5.74, 6) is 2.02. The Kier molecular flexibility index (Phi) is 21.8. The minimum atomic E-state index is -0.431. The van der Waals surface area contributed by atoms with Crippen molar-refractivity contribution in [3.05, 3.63) is 168 Å². The van der Waals surface area contributed by atoms with Gasteiger partial charge in [0, 0.05) is 133 Å². The first-order valence-electron chi connectivity index (χ1n) is 29.4. The van der Waals surface area contributed by atoms with Crippen molar-refractivity contribution in [2.24, 2.45) is 0 Å². The summed E-state index contributed by atoms with van der Waals surface area (Å²) in [7, 11) is 3.89. The Morgan fingerprint density at radius 3 is 1.53 bits per heavy atom. The fourth-order valence-corrected chi connectivity index (χ4v) is 11.4. The third-order valence-electron chi connectivity index (χ3n) is 15.7. The third-order valence-corrected chi connectivity index (χ3v) is 16.2. The minimum Gasteiger partial charge on any atom is -0.399 e. The van der Waals surface area contributed by atoms with Crippen molar-refractivity contribution >= 4 is 108 Å². The van der Waals surface area contributed by atoms with Gasteiger partial charge in [0.05, 0.1) is 11.4 Å². The highest BCUT2D eigenvalue weighted by Gasteiger charge is 2.32. The lowest BCUT2D eigenvalue weighted by Crippen LogP contribution is -2.42. The summed E-state index contributed by atoms with van der Waals surface area (Å²) in [6.45, 7) is 0.690. The van der Waals surface area contributed by atoms with Gasteiger partial charge in [-0.05, 0) is 181 Å². The molecule has 12 rings (SSSR count). The van der Waals surface area contributed by atoms with Crippen LogP contribution in [0.2, 0.25) is 0 Å². The number of hydrogen-bond donors (Lipinski definition) is 8. The number of likely N-dealkylation sites (N-methyl/N-ethyl adjacent to an activating group) is 1. The van der Waals surface area contributed by atoms with Gasteiger partial charge in [0.25, 0.3) is 11.8 Å². The number of nitrogens with zero attached hydrogens (tertiary/aromatic N) is 5. The van der Waals surface area contributed by atoms with Crippen LogP contribution < -0.4 is 32.3 Å². The number of anilines is 4. The number of fused-ring (bicyclic) bond motifs is 2. The van der Waals surface area contributed by atoms with E-state index in [1.54, 1.807) is 54.6 Å². The Hall–Kier alpha value is -7.90. The van der Waals surface area contributed by atoms with Crippen LogP contribution in [0.5, 0.6) is 0 Å². The monoisotopic (exact) mass is 1260 g/mol. The molecular weight excluding hydrogens is 1190 g/mol. The van der Waals surface area contributed by atoms with Gasteiger partial charge in [0.1, 0.15) is 0 Å². The Morgan fingerprint density at radius 2 is 1.09 bits per heavy atom. The summed E-state index contributed by atoms with van der Waals surface area (Å²) in [5, 5.41) is 19.0. The molecule has 20 heteroatoms. The highest BCUT2D eigenvalue weighted by molar-refractivity contribution is 9.09. The van der Waals surface area contributed by atoms with E-state index in [-0.39, 0.29) is 54.3 Å². The zero-order valence-corrected chi connectivity index (χ0v) is 51.5. The highest BCUT2D eigenvalue weighted by Crippen LogP contribution is 2.46. The van der Waals surface area contributed by atoms with Crippen LogP contribution in [0, 0.1) is 0 Å². The van der Waals surface area contributed by atoms with Gasteiger partial charge in [0.2, 0.25) is 23.0 Å². The van der Waals surface area contributed by atoms with Gasteiger partial charge in [-0.15, -0.1) is 12.4 Å². The Labute approximate surface area is 521 Å². The molecule has 4 aliphatic rings. The number of hydrogen-bond acceptors (Lipinski definition) is 12. The molecule has 9 N–H and O–H groups in total. The summed E-state index contributed by atoms with van der Waals surface area (Å²) < 4.78 is 0. The van der Waals surface area contributed by atoms with E-state index < -0.39 is 5.24 Å². The van der Waals surface area contributed by atoms with Crippen LogP contribution in [0.3, 0.4) is 0 Å². The van der Waals surface area contributed by atoms with Crippen molar-refractivity contribution in [3.63, 3.8) is 0 Å². The molecule has 4 aromatic carbocycles. The Balaban J connectivity index is 0.000000186. The van der Waals surface area contributed by atoms with Crippen LogP contribution in [-0.2, 0) is 9.59 Å². The number of halogens is 3. The quantitative estimate of drug-likeness (QED) is 0.0173. The van der Waals surface area contributed by atoms with E-state index in [2.05, 4.69) is 101 Å². The number of allylic oxidation sites excluding steroid dienone is 2. The van der Waals surface area contributed by atoms with E-state index in [0.717, 1.165) is 84.9 Å². The summed E-state index contributed by atoms with van der Waals surface area (Å²) in [6, 6.07) is 31.3. The number of carbonyl (C=O) groups excluding carboxylic acids is 4. The molecule has 8 aromatic rings. The van der Waals surface area contributed by atoms with E-state index in [1.807, 2.05) is 49.6 Å². The minimum absolute atomic E-state index is 0. The third kappa shape index (κ3) is 17.2. The molecule has 3 amide bonds. The van der Waals surface area contributed by atoms with Crippen LogP contribution in [0.1, 0.15) is 121 Å². The van der Waals surface area contributed by atoms with Gasteiger partial charge < -0.3 is 47.2 Å². The number of carbonyl (C=O) groups is 4. The molecule has 4 aliphatic carbocycles. The van der Waals surface area contributed by atoms with Gasteiger partial charge >= 0.3 is 0 Å². The number of rotatable bonds is 18. The van der Waals surface area contributed by atoms with E-state index >= 15 is 0 Å². The first-order valence-corrected chi connectivity index (χ1v) is 30.9. The molecule has 17 nitrogen and oxygen atoms in total. The van der Waals surface area contributed by atoms with Crippen molar-refractivity contribution in [2.75, 3.05) is 47.7 Å². The second-order valence-corrected chi connectivity index (χ2v) is 23.6. The summed E-state index contributed by atoms with van der Waals surface area (Å²) in [5.41, 5.74) is 17.2. The van der Waals surface area contributed by atoms with Crippen LogP contribution >= 0.6 is 39.9 Å². The largest absolute Gasteiger partial charge is 0.399 e. The molecule has 0 spiro atoms. The maximum absolute atomic E-state index is 13.0. The van der Waals surface area contributed by atoms with Crippen LogP contribution in [0.4, 0.5) is 23.3 Å². The van der Waals surface area contributed by atoms with Crippen molar-refractivity contribution in [2.45, 2.75) is 113 Å². The fourth-order valence-electron chi connectivity index (χ4n) is 11.1. The number of aromatic amines is 2. The lowest BCUT2D eigenvalue weighted by molar-refractivity contribution is -0.112. The first-order chi connectivity index (χ1) is 41.3. The molecule has 0 radical (unpaired) electrons. The molecular formula is C66H74BrCl2N13O4. The summed E-state index contributed by atoms with van der Waals surface area (Å²) in [4.78, 5) is 75.9. The van der Waals surface area contributed by atoms with Crippen molar-refractivity contribution < 1.29 is 19.2 Å². The predicted octanol–water partition coefficient (Wildman–Crippen LogP) is 13.1. The Morgan fingerprint density at radius 1 is 0.628 bits per heavy atom. The van der Waals surface area contributed by atoms with Crippen molar-refractivity contribution in [1.29, 1.82) is 0 Å². The van der Waals surface area contributed by atoms with Gasteiger partial charge in [0.15, 0.2) is 0 Å². The molecule has 4 saturated carbocycles. The maximum atomic E-state index is 13.0. The smallest absolute Gasteiger partial charge is 0.251 e. The van der Waals surface area contributed by atoms with Crippen LogP contribution in [0.25, 0.3) is 44.3 Å². The number of alkyl halides is 1. The number of benzene rings is 4. The van der Waals surface area contributed by atoms with Gasteiger partial charge in [-0.2, -0.15) is 0 Å².